The van der Waals surface area contributed by atoms with Gasteiger partial charge in [-0.05, 0) is 67.4 Å². The van der Waals surface area contributed by atoms with Crippen molar-refractivity contribution in [1.82, 2.24) is 15.0 Å². The summed E-state index contributed by atoms with van der Waals surface area (Å²) in [5, 5.41) is 29.8. The van der Waals surface area contributed by atoms with Gasteiger partial charge in [-0.1, -0.05) is 23.4 Å². The van der Waals surface area contributed by atoms with Gasteiger partial charge in [0.15, 0.2) is 5.78 Å². The Bertz CT molecular complexity index is 1370. The van der Waals surface area contributed by atoms with Crippen LogP contribution in [0.25, 0.3) is 5.69 Å². The normalized spacial score (nSPS) is 10.6. The van der Waals surface area contributed by atoms with Crippen LogP contribution in [0.3, 0.4) is 0 Å². The van der Waals surface area contributed by atoms with Crippen LogP contribution in [0.1, 0.15) is 38.3 Å². The number of ketones is 1. The Morgan fingerprint density at radius 1 is 1.06 bits per heavy atom. The summed E-state index contributed by atoms with van der Waals surface area (Å²) in [4.78, 5) is 13.4. The maximum Gasteiger partial charge on any atom is 0.193 e. The third-order valence-electron chi connectivity index (χ3n) is 5.44. The van der Waals surface area contributed by atoms with Crippen LogP contribution in [-0.2, 0) is 6.42 Å². The maximum absolute atomic E-state index is 13.4. The van der Waals surface area contributed by atoms with Crippen LogP contribution in [0.15, 0.2) is 66.9 Å². The number of nitrogens with one attached hydrogen (secondary N) is 1. The Balaban J connectivity index is 1.62. The minimum absolute atomic E-state index is 0.00253. The lowest BCUT2D eigenvalue weighted by Gasteiger charge is -2.13. The smallest absolute Gasteiger partial charge is 0.193 e. The van der Waals surface area contributed by atoms with Crippen molar-refractivity contribution >= 4 is 17.2 Å². The topological polar surface area (TPSA) is 104 Å². The first-order valence-corrected chi connectivity index (χ1v) is 10.5. The van der Waals surface area contributed by atoms with Gasteiger partial charge in [-0.3, -0.25) is 4.79 Å². The molecule has 0 amide bonds. The second kappa shape index (κ2) is 9.47. The zero-order chi connectivity index (χ0) is 23.4. The van der Waals surface area contributed by atoms with E-state index in [2.05, 4.69) is 21.7 Å². The number of aromatic nitrogens is 3. The molecule has 33 heavy (non-hydrogen) atoms. The van der Waals surface area contributed by atoms with E-state index in [1.807, 2.05) is 62.4 Å². The van der Waals surface area contributed by atoms with Gasteiger partial charge in [0.05, 0.1) is 28.8 Å². The number of hydrogen-bond donors (Lipinski definition) is 2. The van der Waals surface area contributed by atoms with E-state index in [-0.39, 0.29) is 12.4 Å². The van der Waals surface area contributed by atoms with E-state index in [1.165, 1.54) is 0 Å². The monoisotopic (exact) mass is 437 g/mol. The quantitative estimate of drug-likeness (QED) is 0.419. The van der Waals surface area contributed by atoms with E-state index in [0.717, 1.165) is 28.2 Å². The average molecular weight is 438 g/mol. The summed E-state index contributed by atoms with van der Waals surface area (Å²) in [5.41, 5.74) is 6.37. The number of carbonyl (C=O) groups excluding carboxylic acids is 1. The molecule has 4 rings (SSSR count). The van der Waals surface area contributed by atoms with Crippen LogP contribution in [-0.4, -0.2) is 32.5 Å². The molecule has 0 spiro atoms. The first-order chi connectivity index (χ1) is 16.0. The van der Waals surface area contributed by atoms with Crippen LogP contribution >= 0.6 is 0 Å². The lowest BCUT2D eigenvalue weighted by Crippen LogP contribution is -2.08. The third kappa shape index (κ3) is 4.66. The molecule has 7 heteroatoms. The largest absolute Gasteiger partial charge is 0.396 e. The van der Waals surface area contributed by atoms with Gasteiger partial charge >= 0.3 is 0 Å². The molecule has 1 heterocycles. The number of aliphatic hydroxyl groups excluding tert-OH is 1. The molecule has 0 aliphatic heterocycles. The van der Waals surface area contributed by atoms with E-state index < -0.39 is 0 Å². The highest BCUT2D eigenvalue weighted by molar-refractivity contribution is 6.11. The first kappa shape index (κ1) is 21.9. The number of nitriles is 1. The van der Waals surface area contributed by atoms with E-state index in [4.69, 9.17) is 5.11 Å². The molecular formula is C26H23N5O2. The molecule has 2 N–H and O–H groups in total. The molecule has 164 valence electrons. The number of aliphatic hydroxyl groups is 1. The number of carbonyl (C=O) groups is 1. The van der Waals surface area contributed by atoms with Crippen molar-refractivity contribution in [3.8, 4) is 11.8 Å². The molecular weight excluding hydrogens is 414 g/mol. The SMILES string of the molecule is Cc1cc(Nc2ccccc2C#N)ccc1C(=O)c1cc(-n2cc(CCO)nn2)ccc1C. The molecule has 0 aliphatic carbocycles. The van der Waals surface area contributed by atoms with Crippen molar-refractivity contribution in [3.05, 3.63) is 100 Å². The summed E-state index contributed by atoms with van der Waals surface area (Å²) in [6.45, 7) is 3.80. The summed E-state index contributed by atoms with van der Waals surface area (Å²) in [6.07, 6.45) is 2.18. The molecule has 0 radical (unpaired) electrons. The summed E-state index contributed by atoms with van der Waals surface area (Å²) in [6, 6.07) is 20.6. The molecule has 3 aromatic carbocycles. The number of anilines is 2. The molecule has 7 nitrogen and oxygen atoms in total. The predicted octanol–water partition coefficient (Wildman–Crippen LogP) is 4.27. The predicted molar refractivity (Wildman–Crippen MR) is 126 cm³/mol. The van der Waals surface area contributed by atoms with Crippen LogP contribution in [0.2, 0.25) is 0 Å². The van der Waals surface area contributed by atoms with Crippen molar-refractivity contribution in [2.75, 3.05) is 11.9 Å². The number of nitrogens with zero attached hydrogens (tertiary/aromatic N) is 4. The van der Waals surface area contributed by atoms with Gasteiger partial charge in [0.2, 0.25) is 0 Å². The summed E-state index contributed by atoms with van der Waals surface area (Å²) < 4.78 is 1.60. The average Bonchev–Trinajstić information content (AvgIpc) is 3.28. The number of rotatable bonds is 7. The first-order valence-electron chi connectivity index (χ1n) is 10.5. The van der Waals surface area contributed by atoms with E-state index in [0.29, 0.717) is 28.8 Å². The minimum Gasteiger partial charge on any atom is -0.396 e. The molecule has 0 saturated heterocycles. The second-order valence-electron chi connectivity index (χ2n) is 7.77. The second-order valence-corrected chi connectivity index (χ2v) is 7.77. The zero-order valence-electron chi connectivity index (χ0n) is 18.4. The van der Waals surface area contributed by atoms with Gasteiger partial charge in [0, 0.05) is 29.8 Å². The van der Waals surface area contributed by atoms with Gasteiger partial charge in [-0.2, -0.15) is 5.26 Å². The fourth-order valence-electron chi connectivity index (χ4n) is 3.64. The summed E-state index contributed by atoms with van der Waals surface area (Å²) in [7, 11) is 0. The van der Waals surface area contributed by atoms with Gasteiger partial charge < -0.3 is 10.4 Å². The van der Waals surface area contributed by atoms with Gasteiger partial charge in [0.1, 0.15) is 6.07 Å². The molecule has 0 fully saturated rings. The van der Waals surface area contributed by atoms with Crippen molar-refractivity contribution in [1.29, 1.82) is 5.26 Å². The van der Waals surface area contributed by atoms with E-state index >= 15 is 0 Å². The number of benzene rings is 3. The molecule has 0 unspecified atom stereocenters. The minimum atomic E-state index is -0.0773. The fraction of sp³-hybridized carbons (Fsp3) is 0.154. The van der Waals surface area contributed by atoms with Gasteiger partial charge in [-0.25, -0.2) is 4.68 Å². The molecule has 0 atom stereocenters. The Kier molecular flexibility index (Phi) is 6.29. The molecule has 4 aromatic rings. The van der Waals surface area contributed by atoms with Crippen molar-refractivity contribution in [3.63, 3.8) is 0 Å². The van der Waals surface area contributed by atoms with Gasteiger partial charge in [0.25, 0.3) is 0 Å². The Labute approximate surface area is 191 Å². The summed E-state index contributed by atoms with van der Waals surface area (Å²) in [5.74, 6) is -0.0773. The highest BCUT2D eigenvalue weighted by Crippen LogP contribution is 2.25. The lowest BCUT2D eigenvalue weighted by molar-refractivity contribution is 0.103. The maximum atomic E-state index is 13.4. The molecule has 0 bridgehead atoms. The van der Waals surface area contributed by atoms with Crippen molar-refractivity contribution in [2.45, 2.75) is 20.3 Å². The molecule has 0 saturated carbocycles. The van der Waals surface area contributed by atoms with Crippen molar-refractivity contribution < 1.29 is 9.90 Å². The van der Waals surface area contributed by atoms with Crippen molar-refractivity contribution in [2.24, 2.45) is 0 Å². The molecule has 0 aliphatic rings. The number of aryl methyl sites for hydroxylation is 2. The van der Waals surface area contributed by atoms with Crippen LogP contribution < -0.4 is 5.32 Å². The van der Waals surface area contributed by atoms with Crippen LogP contribution in [0.4, 0.5) is 11.4 Å². The van der Waals surface area contributed by atoms with E-state index in [1.54, 1.807) is 23.0 Å². The molecule has 1 aromatic heterocycles. The summed E-state index contributed by atoms with van der Waals surface area (Å²) >= 11 is 0. The Morgan fingerprint density at radius 3 is 2.64 bits per heavy atom. The van der Waals surface area contributed by atoms with Crippen LogP contribution in [0.5, 0.6) is 0 Å². The third-order valence-corrected chi connectivity index (χ3v) is 5.44. The fourth-order valence-corrected chi connectivity index (χ4v) is 3.64. The lowest BCUT2D eigenvalue weighted by atomic mass is 9.95. The number of para-hydroxylation sites is 1. The highest BCUT2D eigenvalue weighted by Gasteiger charge is 2.16. The van der Waals surface area contributed by atoms with Gasteiger partial charge in [-0.15, -0.1) is 5.10 Å². The Hall–Kier alpha value is -4.28. The number of hydrogen-bond acceptors (Lipinski definition) is 6. The highest BCUT2D eigenvalue weighted by atomic mass is 16.3. The zero-order valence-corrected chi connectivity index (χ0v) is 18.4. The van der Waals surface area contributed by atoms with Crippen LogP contribution in [0, 0.1) is 25.2 Å². The standard InChI is InChI=1S/C26H23N5O2/c1-17-7-9-22(31-16-21(11-12-32)29-30-31)14-24(17)26(33)23-10-8-20(13-18(23)2)28-25-6-4-3-5-19(25)15-27/h3-10,13-14,16,28,32H,11-12H2,1-2H3. The Morgan fingerprint density at radius 2 is 1.88 bits per heavy atom. The van der Waals surface area contributed by atoms with E-state index in [9.17, 15) is 10.1 Å².